The maximum absolute atomic E-state index is 11.7. The summed E-state index contributed by atoms with van der Waals surface area (Å²) in [6.45, 7) is 5.27. The van der Waals surface area contributed by atoms with E-state index in [4.69, 9.17) is 0 Å². The fourth-order valence-electron chi connectivity index (χ4n) is 2.61. The second kappa shape index (κ2) is 5.17. The van der Waals surface area contributed by atoms with Gasteiger partial charge < -0.3 is 10.6 Å². The highest BCUT2D eigenvalue weighted by molar-refractivity contribution is 5.76. The average molecular weight is 224 g/mol. The third-order valence-corrected chi connectivity index (χ3v) is 4.10. The van der Waals surface area contributed by atoms with Crippen LogP contribution in [-0.2, 0) is 4.79 Å². The van der Waals surface area contributed by atoms with E-state index < -0.39 is 0 Å². The van der Waals surface area contributed by atoms with Crippen LogP contribution in [0, 0.1) is 11.3 Å². The SMILES string of the molecule is CC1(CNC(=O)CC2CCC2)CCCNC1. The molecule has 0 aromatic heterocycles. The number of piperidine rings is 1. The summed E-state index contributed by atoms with van der Waals surface area (Å²) >= 11 is 0. The molecular weight excluding hydrogens is 200 g/mol. The Morgan fingerprint density at radius 3 is 2.81 bits per heavy atom. The first kappa shape index (κ1) is 11.9. The van der Waals surface area contributed by atoms with E-state index in [-0.39, 0.29) is 11.3 Å². The molecule has 0 aromatic rings. The Hall–Kier alpha value is -0.570. The van der Waals surface area contributed by atoms with E-state index in [0.717, 1.165) is 26.1 Å². The first-order valence-corrected chi connectivity index (χ1v) is 6.65. The average Bonchev–Trinajstić information content (AvgIpc) is 2.22. The Morgan fingerprint density at radius 2 is 2.25 bits per heavy atom. The van der Waals surface area contributed by atoms with Crippen LogP contribution in [0.2, 0.25) is 0 Å². The lowest BCUT2D eigenvalue weighted by Gasteiger charge is -2.34. The van der Waals surface area contributed by atoms with E-state index >= 15 is 0 Å². The molecule has 2 rings (SSSR count). The van der Waals surface area contributed by atoms with E-state index in [0.29, 0.717) is 5.92 Å². The van der Waals surface area contributed by atoms with Gasteiger partial charge in [-0.2, -0.15) is 0 Å². The van der Waals surface area contributed by atoms with Gasteiger partial charge in [0, 0.05) is 19.5 Å². The molecule has 92 valence electrons. The van der Waals surface area contributed by atoms with Gasteiger partial charge in [-0.15, -0.1) is 0 Å². The number of rotatable bonds is 4. The van der Waals surface area contributed by atoms with Gasteiger partial charge in [-0.1, -0.05) is 13.3 Å². The minimum absolute atomic E-state index is 0.261. The van der Waals surface area contributed by atoms with Crippen LogP contribution in [0.1, 0.15) is 45.4 Å². The van der Waals surface area contributed by atoms with Gasteiger partial charge in [0.05, 0.1) is 0 Å². The summed E-state index contributed by atoms with van der Waals surface area (Å²) in [5.74, 6) is 0.939. The van der Waals surface area contributed by atoms with Crippen molar-refractivity contribution >= 4 is 5.91 Å². The summed E-state index contributed by atoms with van der Waals surface area (Å²) in [7, 11) is 0. The minimum atomic E-state index is 0.261. The maximum Gasteiger partial charge on any atom is 0.220 e. The number of nitrogens with one attached hydrogen (secondary N) is 2. The molecule has 1 amide bonds. The summed E-state index contributed by atoms with van der Waals surface area (Å²) in [5.41, 5.74) is 0.271. The van der Waals surface area contributed by atoms with E-state index in [1.807, 2.05) is 0 Å². The Bertz CT molecular complexity index is 242. The number of carbonyl (C=O) groups is 1. The van der Waals surface area contributed by atoms with Crippen LogP contribution in [-0.4, -0.2) is 25.5 Å². The highest BCUT2D eigenvalue weighted by Gasteiger charge is 2.27. The molecule has 0 aromatic carbocycles. The molecule has 2 fully saturated rings. The fraction of sp³-hybridized carbons (Fsp3) is 0.923. The van der Waals surface area contributed by atoms with Gasteiger partial charge >= 0.3 is 0 Å². The summed E-state index contributed by atoms with van der Waals surface area (Å²) < 4.78 is 0. The van der Waals surface area contributed by atoms with Crippen molar-refractivity contribution in [2.24, 2.45) is 11.3 Å². The van der Waals surface area contributed by atoms with Crippen molar-refractivity contribution in [2.45, 2.75) is 45.4 Å². The smallest absolute Gasteiger partial charge is 0.220 e. The molecule has 3 nitrogen and oxygen atoms in total. The molecule has 1 saturated heterocycles. The van der Waals surface area contributed by atoms with Crippen LogP contribution < -0.4 is 10.6 Å². The molecule has 1 aliphatic heterocycles. The molecule has 1 aliphatic carbocycles. The fourth-order valence-corrected chi connectivity index (χ4v) is 2.61. The van der Waals surface area contributed by atoms with Crippen LogP contribution in [0.3, 0.4) is 0 Å². The maximum atomic E-state index is 11.7. The molecule has 0 spiro atoms. The monoisotopic (exact) mass is 224 g/mol. The van der Waals surface area contributed by atoms with Crippen LogP contribution in [0.15, 0.2) is 0 Å². The van der Waals surface area contributed by atoms with Gasteiger partial charge in [-0.05, 0) is 43.6 Å². The Morgan fingerprint density at radius 1 is 1.44 bits per heavy atom. The molecule has 1 unspecified atom stereocenters. The van der Waals surface area contributed by atoms with Gasteiger partial charge in [-0.25, -0.2) is 0 Å². The molecule has 3 heteroatoms. The standard InChI is InChI=1S/C13H24N2O/c1-13(6-3-7-14-9-13)10-15-12(16)8-11-4-2-5-11/h11,14H,2-10H2,1H3,(H,15,16). The molecule has 16 heavy (non-hydrogen) atoms. The lowest BCUT2D eigenvalue weighted by atomic mass is 9.81. The number of amides is 1. The predicted octanol–water partition coefficient (Wildman–Crippen LogP) is 1.68. The Kier molecular flexibility index (Phi) is 3.85. The van der Waals surface area contributed by atoms with Crippen molar-refractivity contribution in [1.82, 2.24) is 10.6 Å². The molecule has 1 saturated carbocycles. The van der Waals surface area contributed by atoms with E-state index in [9.17, 15) is 4.79 Å². The van der Waals surface area contributed by atoms with E-state index in [1.54, 1.807) is 0 Å². The Labute approximate surface area is 98.4 Å². The van der Waals surface area contributed by atoms with Gasteiger partial charge in [0.15, 0.2) is 0 Å². The highest BCUT2D eigenvalue weighted by Crippen LogP contribution is 2.29. The molecule has 1 heterocycles. The van der Waals surface area contributed by atoms with E-state index in [1.165, 1.54) is 32.1 Å². The molecule has 2 aliphatic rings. The summed E-state index contributed by atoms with van der Waals surface area (Å²) in [5, 5.41) is 6.52. The number of hydrogen-bond donors (Lipinski definition) is 2. The lowest BCUT2D eigenvalue weighted by Crippen LogP contribution is -2.46. The highest BCUT2D eigenvalue weighted by atomic mass is 16.1. The molecule has 2 N–H and O–H groups in total. The zero-order valence-corrected chi connectivity index (χ0v) is 10.3. The molecule has 1 atom stereocenters. The molecule has 0 radical (unpaired) electrons. The first-order valence-electron chi connectivity index (χ1n) is 6.65. The summed E-state index contributed by atoms with van der Waals surface area (Å²) in [6, 6.07) is 0. The molecule has 0 bridgehead atoms. The number of hydrogen-bond acceptors (Lipinski definition) is 2. The Balaban J connectivity index is 1.66. The van der Waals surface area contributed by atoms with Gasteiger partial charge in [0.1, 0.15) is 0 Å². The third-order valence-electron chi connectivity index (χ3n) is 4.10. The summed E-state index contributed by atoms with van der Waals surface area (Å²) in [6.07, 6.45) is 7.04. The van der Waals surface area contributed by atoms with Gasteiger partial charge in [0.2, 0.25) is 5.91 Å². The second-order valence-corrected chi connectivity index (χ2v) is 5.87. The third kappa shape index (κ3) is 3.21. The molecular formula is C13H24N2O. The van der Waals surface area contributed by atoms with Crippen molar-refractivity contribution in [3.05, 3.63) is 0 Å². The van der Waals surface area contributed by atoms with Crippen molar-refractivity contribution in [2.75, 3.05) is 19.6 Å². The predicted molar refractivity (Wildman–Crippen MR) is 65.2 cm³/mol. The largest absolute Gasteiger partial charge is 0.356 e. The first-order chi connectivity index (χ1) is 7.68. The van der Waals surface area contributed by atoms with Crippen molar-refractivity contribution in [3.8, 4) is 0 Å². The van der Waals surface area contributed by atoms with Crippen LogP contribution >= 0.6 is 0 Å². The lowest BCUT2D eigenvalue weighted by molar-refractivity contribution is -0.123. The topological polar surface area (TPSA) is 41.1 Å². The van der Waals surface area contributed by atoms with Gasteiger partial charge in [0.25, 0.3) is 0 Å². The van der Waals surface area contributed by atoms with Crippen molar-refractivity contribution in [3.63, 3.8) is 0 Å². The van der Waals surface area contributed by atoms with Crippen LogP contribution in [0.25, 0.3) is 0 Å². The van der Waals surface area contributed by atoms with Crippen LogP contribution in [0.4, 0.5) is 0 Å². The quantitative estimate of drug-likeness (QED) is 0.763. The van der Waals surface area contributed by atoms with Crippen molar-refractivity contribution in [1.29, 1.82) is 0 Å². The van der Waals surface area contributed by atoms with Crippen LogP contribution in [0.5, 0.6) is 0 Å². The van der Waals surface area contributed by atoms with Crippen molar-refractivity contribution < 1.29 is 4.79 Å². The zero-order chi connectivity index (χ0) is 11.4. The summed E-state index contributed by atoms with van der Waals surface area (Å²) in [4.78, 5) is 11.7. The van der Waals surface area contributed by atoms with E-state index in [2.05, 4.69) is 17.6 Å². The van der Waals surface area contributed by atoms with Gasteiger partial charge in [-0.3, -0.25) is 4.79 Å². The zero-order valence-electron chi connectivity index (χ0n) is 10.3. The number of carbonyl (C=O) groups excluding carboxylic acids is 1. The normalized spacial score (nSPS) is 30.8. The second-order valence-electron chi connectivity index (χ2n) is 5.87. The minimum Gasteiger partial charge on any atom is -0.356 e.